The van der Waals surface area contributed by atoms with E-state index in [4.69, 9.17) is 5.11 Å². The van der Waals surface area contributed by atoms with E-state index >= 15 is 0 Å². The fraction of sp³-hybridized carbons (Fsp3) is 0. The first-order valence-electron chi connectivity index (χ1n) is 4.49. The number of carbonyl (C=O) groups is 1. The van der Waals surface area contributed by atoms with Crippen LogP contribution < -0.4 is 0 Å². The van der Waals surface area contributed by atoms with E-state index in [1.807, 2.05) is 24.3 Å². The average Bonchev–Trinajstić information content (AvgIpc) is 2.29. The molecule has 0 atom stereocenters. The van der Waals surface area contributed by atoms with Gasteiger partial charge in [0, 0.05) is 10.0 Å². The number of aromatic carboxylic acids is 1. The molecule has 1 N–H and O–H groups in total. The van der Waals surface area contributed by atoms with E-state index in [0.29, 0.717) is 5.56 Å². The van der Waals surface area contributed by atoms with Crippen LogP contribution in [0.25, 0.3) is 11.1 Å². The Morgan fingerprint density at radius 1 is 1.12 bits per heavy atom. The van der Waals surface area contributed by atoms with E-state index in [2.05, 4.69) is 26.1 Å². The van der Waals surface area contributed by atoms with Crippen LogP contribution in [0, 0.1) is 0 Å². The number of carboxylic acids is 1. The first-order chi connectivity index (χ1) is 7.70. The van der Waals surface area contributed by atoms with Crippen LogP contribution in [-0.4, -0.2) is 21.3 Å². The Morgan fingerprint density at radius 2 is 1.81 bits per heavy atom. The van der Waals surface area contributed by atoms with Gasteiger partial charge in [0.15, 0.2) is 0 Å². The molecule has 0 saturated heterocycles. The van der Waals surface area contributed by atoms with Gasteiger partial charge in [0.25, 0.3) is 0 Å². The molecule has 80 valence electrons. The molecule has 5 heteroatoms. The first kappa shape index (κ1) is 10.8. The number of benzene rings is 1. The van der Waals surface area contributed by atoms with E-state index in [1.165, 1.54) is 12.4 Å². The molecule has 0 radical (unpaired) electrons. The largest absolute Gasteiger partial charge is 0.478 e. The third kappa shape index (κ3) is 1.94. The minimum absolute atomic E-state index is 0.141. The van der Waals surface area contributed by atoms with Gasteiger partial charge in [0.2, 0.25) is 0 Å². The van der Waals surface area contributed by atoms with Crippen LogP contribution >= 0.6 is 15.9 Å². The smallest absolute Gasteiger partial charge is 0.338 e. The zero-order valence-corrected chi connectivity index (χ0v) is 9.68. The Kier molecular flexibility index (Phi) is 2.96. The highest BCUT2D eigenvalue weighted by Crippen LogP contribution is 2.29. The predicted octanol–water partition coefficient (Wildman–Crippen LogP) is 2.60. The van der Waals surface area contributed by atoms with Gasteiger partial charge in [-0.1, -0.05) is 34.1 Å². The molecule has 16 heavy (non-hydrogen) atoms. The summed E-state index contributed by atoms with van der Waals surface area (Å²) in [5.74, 6) is -1.01. The summed E-state index contributed by atoms with van der Waals surface area (Å²) in [6.45, 7) is 0. The molecule has 0 unspecified atom stereocenters. The number of halogens is 1. The molecule has 4 nitrogen and oxygen atoms in total. The van der Waals surface area contributed by atoms with Crippen molar-refractivity contribution in [2.24, 2.45) is 0 Å². The topological polar surface area (TPSA) is 63.1 Å². The van der Waals surface area contributed by atoms with Gasteiger partial charge in [0.1, 0.15) is 0 Å². The van der Waals surface area contributed by atoms with E-state index in [0.717, 1.165) is 10.0 Å². The van der Waals surface area contributed by atoms with Crippen LogP contribution in [0.15, 0.2) is 41.1 Å². The standard InChI is InChI=1S/C11H7BrN2O2/c12-10-4-2-1-3-7(10)8-5-13-14-6-9(8)11(15)16/h1-6H,(H,15,16). The minimum Gasteiger partial charge on any atom is -0.478 e. The van der Waals surface area contributed by atoms with Gasteiger partial charge in [-0.05, 0) is 11.6 Å². The Morgan fingerprint density at radius 3 is 2.50 bits per heavy atom. The lowest BCUT2D eigenvalue weighted by Gasteiger charge is -2.06. The summed E-state index contributed by atoms with van der Waals surface area (Å²) < 4.78 is 0.825. The summed E-state index contributed by atoms with van der Waals surface area (Å²) in [5, 5.41) is 16.3. The van der Waals surface area contributed by atoms with Gasteiger partial charge < -0.3 is 5.11 Å². The van der Waals surface area contributed by atoms with Crippen LogP contribution in [0.1, 0.15) is 10.4 Å². The summed E-state index contributed by atoms with van der Waals surface area (Å²) >= 11 is 3.38. The molecule has 0 fully saturated rings. The number of hydrogen-bond acceptors (Lipinski definition) is 3. The van der Waals surface area contributed by atoms with Gasteiger partial charge >= 0.3 is 5.97 Å². The van der Waals surface area contributed by atoms with Crippen molar-refractivity contribution in [3.05, 3.63) is 46.7 Å². The molecule has 2 rings (SSSR count). The van der Waals surface area contributed by atoms with Crippen molar-refractivity contribution in [1.82, 2.24) is 10.2 Å². The molecule has 1 aromatic heterocycles. The number of hydrogen-bond donors (Lipinski definition) is 1. The molecular weight excluding hydrogens is 272 g/mol. The molecule has 2 aromatic rings. The molecule has 0 amide bonds. The van der Waals surface area contributed by atoms with Crippen molar-refractivity contribution in [1.29, 1.82) is 0 Å². The molecule has 0 aliphatic rings. The minimum atomic E-state index is -1.01. The van der Waals surface area contributed by atoms with E-state index < -0.39 is 5.97 Å². The van der Waals surface area contributed by atoms with Crippen LogP contribution in [0.2, 0.25) is 0 Å². The zero-order chi connectivity index (χ0) is 11.5. The van der Waals surface area contributed by atoms with E-state index in [9.17, 15) is 4.79 Å². The van der Waals surface area contributed by atoms with Gasteiger partial charge in [-0.15, -0.1) is 0 Å². The lowest BCUT2D eigenvalue weighted by atomic mass is 10.0. The summed E-state index contributed by atoms with van der Waals surface area (Å²) in [6.07, 6.45) is 2.70. The molecule has 0 saturated carbocycles. The fourth-order valence-electron chi connectivity index (χ4n) is 1.39. The lowest BCUT2D eigenvalue weighted by Crippen LogP contribution is -2.01. The summed E-state index contributed by atoms with van der Waals surface area (Å²) in [7, 11) is 0. The maximum Gasteiger partial charge on any atom is 0.338 e. The second-order valence-corrected chi connectivity index (χ2v) is 3.96. The Bertz CT molecular complexity index is 543. The van der Waals surface area contributed by atoms with Crippen molar-refractivity contribution in [3.63, 3.8) is 0 Å². The predicted molar refractivity (Wildman–Crippen MR) is 62.1 cm³/mol. The number of rotatable bonds is 2. The first-order valence-corrected chi connectivity index (χ1v) is 5.28. The molecule has 1 heterocycles. The second kappa shape index (κ2) is 4.40. The van der Waals surface area contributed by atoms with Crippen LogP contribution in [0.4, 0.5) is 0 Å². The summed E-state index contributed by atoms with van der Waals surface area (Å²) in [6, 6.07) is 7.38. The van der Waals surface area contributed by atoms with Gasteiger partial charge in [-0.3, -0.25) is 0 Å². The maximum atomic E-state index is 11.0. The highest BCUT2D eigenvalue weighted by atomic mass is 79.9. The van der Waals surface area contributed by atoms with Crippen molar-refractivity contribution >= 4 is 21.9 Å². The third-order valence-electron chi connectivity index (χ3n) is 2.12. The molecule has 1 aromatic carbocycles. The van der Waals surface area contributed by atoms with Crippen molar-refractivity contribution in [2.75, 3.05) is 0 Å². The molecule has 0 bridgehead atoms. The van der Waals surface area contributed by atoms with Gasteiger partial charge in [-0.25, -0.2) is 4.79 Å². The number of nitrogens with zero attached hydrogens (tertiary/aromatic N) is 2. The molecule has 0 aliphatic carbocycles. The van der Waals surface area contributed by atoms with Crippen molar-refractivity contribution in [2.45, 2.75) is 0 Å². The quantitative estimate of drug-likeness (QED) is 0.917. The van der Waals surface area contributed by atoms with Crippen LogP contribution in [0.3, 0.4) is 0 Å². The maximum absolute atomic E-state index is 11.0. The molecular formula is C11H7BrN2O2. The van der Waals surface area contributed by atoms with Gasteiger partial charge in [0.05, 0.1) is 18.0 Å². The molecule has 0 spiro atoms. The zero-order valence-electron chi connectivity index (χ0n) is 8.09. The van der Waals surface area contributed by atoms with E-state index in [1.54, 1.807) is 0 Å². The molecule has 0 aliphatic heterocycles. The Hall–Kier alpha value is -1.75. The number of aromatic nitrogens is 2. The summed E-state index contributed by atoms with van der Waals surface area (Å²) in [4.78, 5) is 11.0. The third-order valence-corrected chi connectivity index (χ3v) is 2.82. The Balaban J connectivity index is 2.65. The van der Waals surface area contributed by atoms with Crippen LogP contribution in [0.5, 0.6) is 0 Å². The highest BCUT2D eigenvalue weighted by Gasteiger charge is 2.13. The SMILES string of the molecule is O=C(O)c1cnncc1-c1ccccc1Br. The normalized spacial score (nSPS) is 10.1. The van der Waals surface area contributed by atoms with E-state index in [-0.39, 0.29) is 5.56 Å². The Labute approximate surface area is 100 Å². The summed E-state index contributed by atoms with van der Waals surface area (Å²) in [5.41, 5.74) is 1.48. The van der Waals surface area contributed by atoms with Crippen molar-refractivity contribution < 1.29 is 9.90 Å². The van der Waals surface area contributed by atoms with Crippen LogP contribution in [-0.2, 0) is 0 Å². The second-order valence-electron chi connectivity index (χ2n) is 3.10. The monoisotopic (exact) mass is 278 g/mol. The van der Waals surface area contributed by atoms with Gasteiger partial charge in [-0.2, -0.15) is 10.2 Å². The average molecular weight is 279 g/mol. The number of carboxylic acid groups (broad SMARTS) is 1. The fourth-order valence-corrected chi connectivity index (χ4v) is 1.88. The highest BCUT2D eigenvalue weighted by molar-refractivity contribution is 9.10. The van der Waals surface area contributed by atoms with Crippen molar-refractivity contribution in [3.8, 4) is 11.1 Å². The lowest BCUT2D eigenvalue weighted by molar-refractivity contribution is 0.0697.